The Morgan fingerprint density at radius 1 is 0.293 bits per heavy atom. The summed E-state index contributed by atoms with van der Waals surface area (Å²) in [4.78, 5) is 11.2. The van der Waals surface area contributed by atoms with Crippen molar-refractivity contribution in [2.45, 2.75) is 104 Å². The standard InChI is InChI=1S/C44H86O14/c1-4-5-6-7-8-9-10-11-12-13-14-15-16-17-18-46-19-20-47-21-22-48-23-24-49-25-26-50-27-28-51-29-30-52-31-32-53-33-34-54-35-36-55-37-38-56-39-40-57-41-42-58-44(45)43(2)3/h2,4-42H2,1,3H3. The molecule has 0 fully saturated rings. The van der Waals surface area contributed by atoms with Crippen molar-refractivity contribution in [1.82, 2.24) is 0 Å². The average Bonchev–Trinajstić information content (AvgIpc) is 3.22. The molecular weight excluding hydrogens is 752 g/mol. The predicted molar refractivity (Wildman–Crippen MR) is 226 cm³/mol. The van der Waals surface area contributed by atoms with Gasteiger partial charge in [-0.2, -0.15) is 0 Å². The summed E-state index contributed by atoms with van der Waals surface area (Å²) in [5.41, 5.74) is 0.371. The summed E-state index contributed by atoms with van der Waals surface area (Å²) in [6.07, 6.45) is 19.2. The molecule has 0 saturated heterocycles. The predicted octanol–water partition coefficient (Wildman–Crippen LogP) is 6.79. The van der Waals surface area contributed by atoms with Crippen LogP contribution in [0.15, 0.2) is 12.2 Å². The Bertz CT molecular complexity index is 806. The van der Waals surface area contributed by atoms with Crippen molar-refractivity contribution < 1.29 is 66.4 Å². The maximum Gasteiger partial charge on any atom is 0.333 e. The van der Waals surface area contributed by atoms with Gasteiger partial charge >= 0.3 is 5.97 Å². The van der Waals surface area contributed by atoms with E-state index >= 15 is 0 Å². The van der Waals surface area contributed by atoms with Crippen molar-refractivity contribution in [3.63, 3.8) is 0 Å². The van der Waals surface area contributed by atoms with E-state index in [1.807, 2.05) is 0 Å². The fraction of sp³-hybridized carbons (Fsp3) is 0.932. The maximum atomic E-state index is 11.2. The van der Waals surface area contributed by atoms with E-state index in [1.165, 1.54) is 83.5 Å². The zero-order valence-electron chi connectivity index (χ0n) is 37.0. The van der Waals surface area contributed by atoms with Crippen LogP contribution in [0.2, 0.25) is 0 Å². The molecule has 14 nitrogen and oxygen atoms in total. The Balaban J connectivity index is 3.07. The van der Waals surface area contributed by atoms with Crippen molar-refractivity contribution in [2.75, 3.05) is 165 Å². The number of rotatable bonds is 52. The quantitative estimate of drug-likeness (QED) is 0.0361. The Labute approximate surface area is 352 Å². The van der Waals surface area contributed by atoms with Gasteiger partial charge in [0.1, 0.15) is 6.61 Å². The van der Waals surface area contributed by atoms with Crippen LogP contribution in [0.1, 0.15) is 104 Å². The second kappa shape index (κ2) is 51.9. The number of carbonyl (C=O) groups is 1. The second-order valence-corrected chi connectivity index (χ2v) is 13.9. The van der Waals surface area contributed by atoms with E-state index in [2.05, 4.69) is 13.5 Å². The van der Waals surface area contributed by atoms with Crippen LogP contribution in [-0.2, 0) is 66.4 Å². The van der Waals surface area contributed by atoms with E-state index in [0.29, 0.717) is 158 Å². The lowest BCUT2D eigenvalue weighted by Gasteiger charge is -2.09. The number of esters is 1. The molecule has 0 spiro atoms. The van der Waals surface area contributed by atoms with E-state index in [1.54, 1.807) is 6.92 Å². The summed E-state index contributed by atoms with van der Waals surface area (Å²) >= 11 is 0. The van der Waals surface area contributed by atoms with Crippen LogP contribution >= 0.6 is 0 Å². The van der Waals surface area contributed by atoms with Crippen LogP contribution in [0.4, 0.5) is 0 Å². The molecule has 0 heterocycles. The molecule has 0 aliphatic rings. The summed E-state index contributed by atoms with van der Waals surface area (Å²) in [6.45, 7) is 20.0. The summed E-state index contributed by atoms with van der Waals surface area (Å²) < 4.78 is 70.9. The third-order valence-corrected chi connectivity index (χ3v) is 8.54. The summed E-state index contributed by atoms with van der Waals surface area (Å²) in [5.74, 6) is -0.412. The molecule has 0 radical (unpaired) electrons. The zero-order chi connectivity index (χ0) is 41.9. The molecule has 0 unspecified atom stereocenters. The number of hydrogen-bond donors (Lipinski definition) is 0. The smallest absolute Gasteiger partial charge is 0.333 e. The molecular formula is C44H86O14. The Hall–Kier alpha value is -1.27. The Morgan fingerprint density at radius 3 is 0.707 bits per heavy atom. The first kappa shape index (κ1) is 56.7. The monoisotopic (exact) mass is 839 g/mol. The van der Waals surface area contributed by atoms with Gasteiger partial charge in [0.2, 0.25) is 0 Å². The lowest BCUT2D eigenvalue weighted by molar-refractivity contribution is -0.140. The number of unbranched alkanes of at least 4 members (excludes halogenated alkanes) is 13. The maximum absolute atomic E-state index is 11.2. The molecule has 0 aromatic heterocycles. The summed E-state index contributed by atoms with van der Waals surface area (Å²) in [7, 11) is 0. The van der Waals surface area contributed by atoms with E-state index in [9.17, 15) is 4.79 Å². The van der Waals surface area contributed by atoms with Gasteiger partial charge < -0.3 is 61.6 Å². The fourth-order valence-corrected chi connectivity index (χ4v) is 5.24. The van der Waals surface area contributed by atoms with E-state index < -0.39 is 5.97 Å². The summed E-state index contributed by atoms with van der Waals surface area (Å²) in [6, 6.07) is 0. The fourth-order valence-electron chi connectivity index (χ4n) is 5.24. The van der Waals surface area contributed by atoms with Gasteiger partial charge in [0, 0.05) is 12.2 Å². The number of carbonyl (C=O) groups excluding carboxylic acids is 1. The van der Waals surface area contributed by atoms with Crippen molar-refractivity contribution in [3.05, 3.63) is 12.2 Å². The summed E-state index contributed by atoms with van der Waals surface area (Å²) in [5, 5.41) is 0. The lowest BCUT2D eigenvalue weighted by atomic mass is 10.0. The molecule has 346 valence electrons. The van der Waals surface area contributed by atoms with E-state index in [4.69, 9.17) is 61.6 Å². The highest BCUT2D eigenvalue weighted by atomic mass is 16.6. The van der Waals surface area contributed by atoms with Gasteiger partial charge in [0.25, 0.3) is 0 Å². The minimum atomic E-state index is -0.412. The van der Waals surface area contributed by atoms with Crippen molar-refractivity contribution in [3.8, 4) is 0 Å². The Morgan fingerprint density at radius 2 is 0.483 bits per heavy atom. The van der Waals surface area contributed by atoms with Crippen molar-refractivity contribution in [2.24, 2.45) is 0 Å². The van der Waals surface area contributed by atoms with Crippen molar-refractivity contribution in [1.29, 1.82) is 0 Å². The minimum absolute atomic E-state index is 0.199. The molecule has 0 aromatic carbocycles. The van der Waals surface area contributed by atoms with Crippen LogP contribution in [0.5, 0.6) is 0 Å². The van der Waals surface area contributed by atoms with Crippen molar-refractivity contribution >= 4 is 5.97 Å². The molecule has 0 rings (SSSR count). The van der Waals surface area contributed by atoms with Crippen LogP contribution in [-0.4, -0.2) is 171 Å². The van der Waals surface area contributed by atoms with Gasteiger partial charge in [-0.15, -0.1) is 0 Å². The third kappa shape index (κ3) is 50.9. The Kier molecular flexibility index (Phi) is 50.7. The van der Waals surface area contributed by atoms with Gasteiger partial charge in [-0.05, 0) is 13.3 Å². The first-order valence-electron chi connectivity index (χ1n) is 22.4. The van der Waals surface area contributed by atoms with Crippen LogP contribution in [0, 0.1) is 0 Å². The van der Waals surface area contributed by atoms with E-state index in [-0.39, 0.29) is 6.61 Å². The highest BCUT2D eigenvalue weighted by Crippen LogP contribution is 2.13. The van der Waals surface area contributed by atoms with Crippen LogP contribution in [0.25, 0.3) is 0 Å². The van der Waals surface area contributed by atoms with Gasteiger partial charge in [-0.25, -0.2) is 4.79 Å². The highest BCUT2D eigenvalue weighted by molar-refractivity contribution is 5.86. The average molecular weight is 839 g/mol. The van der Waals surface area contributed by atoms with Gasteiger partial charge in [-0.1, -0.05) is 97.0 Å². The van der Waals surface area contributed by atoms with Crippen LogP contribution in [0.3, 0.4) is 0 Å². The third-order valence-electron chi connectivity index (χ3n) is 8.54. The van der Waals surface area contributed by atoms with Gasteiger partial charge in [0.15, 0.2) is 0 Å². The largest absolute Gasteiger partial charge is 0.460 e. The normalized spacial score (nSPS) is 11.5. The molecule has 0 aromatic rings. The zero-order valence-corrected chi connectivity index (χ0v) is 37.0. The second-order valence-electron chi connectivity index (χ2n) is 13.9. The molecule has 58 heavy (non-hydrogen) atoms. The topological polar surface area (TPSA) is 137 Å². The molecule has 0 N–H and O–H groups in total. The van der Waals surface area contributed by atoms with Gasteiger partial charge in [-0.3, -0.25) is 0 Å². The molecule has 0 amide bonds. The first-order valence-corrected chi connectivity index (χ1v) is 22.4. The molecule has 0 saturated carbocycles. The highest BCUT2D eigenvalue weighted by Gasteiger charge is 2.02. The first-order chi connectivity index (χ1) is 28.7. The number of ether oxygens (including phenoxy) is 13. The van der Waals surface area contributed by atoms with Gasteiger partial charge in [0.05, 0.1) is 152 Å². The molecule has 0 bridgehead atoms. The van der Waals surface area contributed by atoms with E-state index in [0.717, 1.165) is 13.0 Å². The van der Waals surface area contributed by atoms with Crippen LogP contribution < -0.4 is 0 Å². The molecule has 0 aliphatic heterocycles. The SMILES string of the molecule is C=C(C)C(=O)OCCOCCOCCOCCOCCOCCOCCOCCOCCOCCOCCOCCOCCCCCCCCCCCCCCCC. The molecule has 0 atom stereocenters. The lowest BCUT2D eigenvalue weighted by Crippen LogP contribution is -2.16. The molecule has 0 aliphatic carbocycles. The molecule has 14 heteroatoms. The minimum Gasteiger partial charge on any atom is -0.460 e. The number of hydrogen-bond acceptors (Lipinski definition) is 14.